The highest BCUT2D eigenvalue weighted by atomic mass is 32.2. The topological polar surface area (TPSA) is 52.6 Å². The van der Waals surface area contributed by atoms with Gasteiger partial charge in [-0.05, 0) is 36.4 Å². The molecule has 0 aliphatic heterocycles. The number of thioether (sulfide) groups is 1. The second-order valence-electron chi connectivity index (χ2n) is 6.09. The SMILES string of the molecule is COC(=O)/C(=C/C#Cc1ccccc1)CSC/C(=C\C#Cc1ccccc1)C(=O)OC. The molecule has 0 atom stereocenters. The summed E-state index contributed by atoms with van der Waals surface area (Å²) in [5.41, 5.74) is 2.53. The molecule has 0 saturated heterocycles. The number of allylic oxidation sites excluding steroid dienone is 2. The summed E-state index contributed by atoms with van der Waals surface area (Å²) in [6.07, 6.45) is 3.09. The Balaban J connectivity index is 2.06. The van der Waals surface area contributed by atoms with Gasteiger partial charge in [-0.2, -0.15) is 11.8 Å². The highest BCUT2D eigenvalue weighted by Gasteiger charge is 2.13. The Morgan fingerprint density at radius 1 is 0.742 bits per heavy atom. The van der Waals surface area contributed by atoms with Crippen LogP contribution in [0, 0.1) is 23.7 Å². The molecule has 0 amide bonds. The Kier molecular flexibility index (Phi) is 10.3. The van der Waals surface area contributed by atoms with Crippen LogP contribution in [0.4, 0.5) is 0 Å². The van der Waals surface area contributed by atoms with Crippen LogP contribution in [0.2, 0.25) is 0 Å². The van der Waals surface area contributed by atoms with Crippen molar-refractivity contribution < 1.29 is 19.1 Å². The van der Waals surface area contributed by atoms with Gasteiger partial charge in [0.15, 0.2) is 0 Å². The molecule has 0 aliphatic carbocycles. The molecule has 0 unspecified atom stereocenters. The van der Waals surface area contributed by atoms with Gasteiger partial charge in [0.1, 0.15) is 0 Å². The van der Waals surface area contributed by atoms with Crippen molar-refractivity contribution in [1.82, 2.24) is 0 Å². The number of rotatable bonds is 6. The second-order valence-corrected chi connectivity index (χ2v) is 7.07. The smallest absolute Gasteiger partial charge is 0.335 e. The molecule has 0 fully saturated rings. The van der Waals surface area contributed by atoms with E-state index in [-0.39, 0.29) is 0 Å². The van der Waals surface area contributed by atoms with Crippen molar-refractivity contribution in [2.24, 2.45) is 0 Å². The van der Waals surface area contributed by atoms with Gasteiger partial charge in [0.2, 0.25) is 0 Å². The lowest BCUT2D eigenvalue weighted by Crippen LogP contribution is -2.10. The predicted molar refractivity (Wildman–Crippen MR) is 124 cm³/mol. The molecule has 2 aromatic rings. The van der Waals surface area contributed by atoms with Crippen LogP contribution in [0.1, 0.15) is 11.1 Å². The number of carbonyl (C=O) groups excluding carboxylic acids is 2. The van der Waals surface area contributed by atoms with Gasteiger partial charge in [0, 0.05) is 22.6 Å². The minimum atomic E-state index is -0.456. The van der Waals surface area contributed by atoms with Gasteiger partial charge < -0.3 is 9.47 Å². The van der Waals surface area contributed by atoms with Crippen LogP contribution in [-0.2, 0) is 19.1 Å². The van der Waals surface area contributed by atoms with Crippen molar-refractivity contribution in [2.75, 3.05) is 25.7 Å². The van der Waals surface area contributed by atoms with Crippen molar-refractivity contribution in [1.29, 1.82) is 0 Å². The molecule has 0 bridgehead atoms. The van der Waals surface area contributed by atoms with E-state index in [1.807, 2.05) is 60.7 Å². The van der Waals surface area contributed by atoms with Gasteiger partial charge >= 0.3 is 11.9 Å². The van der Waals surface area contributed by atoms with E-state index >= 15 is 0 Å². The monoisotopic (exact) mass is 430 g/mol. The quantitative estimate of drug-likeness (QED) is 0.394. The summed E-state index contributed by atoms with van der Waals surface area (Å²) >= 11 is 1.38. The van der Waals surface area contributed by atoms with Crippen LogP contribution in [0.5, 0.6) is 0 Å². The minimum Gasteiger partial charge on any atom is -0.466 e. The zero-order valence-corrected chi connectivity index (χ0v) is 18.2. The fourth-order valence-corrected chi connectivity index (χ4v) is 3.25. The number of ether oxygens (including phenoxy) is 2. The first-order valence-electron chi connectivity index (χ1n) is 9.39. The Hall–Kier alpha value is -3.67. The summed E-state index contributed by atoms with van der Waals surface area (Å²) in [5.74, 6) is 11.5. The molecule has 31 heavy (non-hydrogen) atoms. The van der Waals surface area contributed by atoms with Gasteiger partial charge in [-0.25, -0.2) is 9.59 Å². The van der Waals surface area contributed by atoms with Crippen LogP contribution < -0.4 is 0 Å². The third-order valence-electron chi connectivity index (χ3n) is 3.88. The Labute approximate surface area is 187 Å². The average Bonchev–Trinajstić information content (AvgIpc) is 2.82. The lowest BCUT2D eigenvalue weighted by Gasteiger charge is -2.06. The van der Waals surface area contributed by atoms with Crippen LogP contribution >= 0.6 is 11.8 Å². The van der Waals surface area contributed by atoms with Crippen LogP contribution in [-0.4, -0.2) is 37.7 Å². The van der Waals surface area contributed by atoms with Gasteiger partial charge in [-0.1, -0.05) is 60.1 Å². The lowest BCUT2D eigenvalue weighted by atomic mass is 10.2. The maximum absolute atomic E-state index is 12.0. The molecule has 156 valence electrons. The molecule has 4 nitrogen and oxygen atoms in total. The first-order valence-corrected chi connectivity index (χ1v) is 10.5. The first-order chi connectivity index (χ1) is 15.1. The molecule has 0 aliphatic rings. The van der Waals surface area contributed by atoms with E-state index in [2.05, 4.69) is 23.7 Å². The number of esters is 2. The van der Waals surface area contributed by atoms with Crippen molar-refractivity contribution in [2.45, 2.75) is 0 Å². The molecule has 0 N–H and O–H groups in total. The normalized spacial score (nSPS) is 10.8. The molecule has 2 aromatic carbocycles. The molecule has 5 heteroatoms. The molecular formula is C26H22O4S. The van der Waals surface area contributed by atoms with Gasteiger partial charge in [0.05, 0.1) is 25.4 Å². The largest absolute Gasteiger partial charge is 0.466 e. The van der Waals surface area contributed by atoms with Crippen LogP contribution in [0.15, 0.2) is 84.0 Å². The number of benzene rings is 2. The summed E-state index contributed by atoms with van der Waals surface area (Å²) in [5, 5.41) is 0. The van der Waals surface area contributed by atoms with E-state index in [0.29, 0.717) is 22.7 Å². The van der Waals surface area contributed by atoms with Crippen LogP contribution in [0.25, 0.3) is 0 Å². The molecule has 0 spiro atoms. The summed E-state index contributed by atoms with van der Waals surface area (Å²) in [6.45, 7) is 0. The maximum atomic E-state index is 12.0. The number of carbonyl (C=O) groups is 2. The molecule has 2 rings (SSSR count). The predicted octanol–water partition coefficient (Wildman–Crippen LogP) is 4.02. The molecule has 0 radical (unpaired) electrons. The van der Waals surface area contributed by atoms with Crippen molar-refractivity contribution >= 4 is 23.7 Å². The van der Waals surface area contributed by atoms with Gasteiger partial charge in [-0.3, -0.25) is 0 Å². The van der Waals surface area contributed by atoms with E-state index in [0.717, 1.165) is 11.1 Å². The molecular weight excluding hydrogens is 408 g/mol. The zero-order valence-electron chi connectivity index (χ0n) is 17.4. The van der Waals surface area contributed by atoms with E-state index < -0.39 is 11.9 Å². The fraction of sp³-hybridized carbons (Fsp3) is 0.154. The van der Waals surface area contributed by atoms with Crippen molar-refractivity contribution in [3.63, 3.8) is 0 Å². The van der Waals surface area contributed by atoms with E-state index in [9.17, 15) is 9.59 Å². The summed E-state index contributed by atoms with van der Waals surface area (Å²) in [7, 11) is 2.65. The number of methoxy groups -OCH3 is 2. The lowest BCUT2D eigenvalue weighted by molar-refractivity contribution is -0.136. The third kappa shape index (κ3) is 8.70. The highest BCUT2D eigenvalue weighted by Crippen LogP contribution is 2.14. The Bertz CT molecular complexity index is 975. The highest BCUT2D eigenvalue weighted by molar-refractivity contribution is 7.99. The number of hydrogen-bond donors (Lipinski definition) is 0. The van der Waals surface area contributed by atoms with Crippen molar-refractivity contribution in [3.8, 4) is 23.7 Å². The Morgan fingerprint density at radius 2 is 1.13 bits per heavy atom. The average molecular weight is 431 g/mol. The fourth-order valence-electron chi connectivity index (χ4n) is 2.31. The molecule has 0 aromatic heterocycles. The van der Waals surface area contributed by atoms with Gasteiger partial charge in [-0.15, -0.1) is 0 Å². The summed E-state index contributed by atoms with van der Waals surface area (Å²) < 4.78 is 9.68. The standard InChI is InChI=1S/C26H22O4S/c1-29-25(27)23(17-9-15-21-11-5-3-6-12-21)19-31-20-24(26(28)30-2)18-10-16-22-13-7-4-8-14-22/h3-8,11-14,17-18H,19-20H2,1-2H3/b23-17+,24-18+. The van der Waals surface area contributed by atoms with E-state index in [1.54, 1.807) is 12.2 Å². The van der Waals surface area contributed by atoms with E-state index in [4.69, 9.17) is 9.47 Å². The minimum absolute atomic E-state index is 0.330. The van der Waals surface area contributed by atoms with Crippen LogP contribution in [0.3, 0.4) is 0 Å². The van der Waals surface area contributed by atoms with Crippen molar-refractivity contribution in [3.05, 3.63) is 95.1 Å². The maximum Gasteiger partial charge on any atom is 0.335 e. The summed E-state index contributed by atoms with van der Waals surface area (Å²) in [4.78, 5) is 24.1. The third-order valence-corrected chi connectivity index (χ3v) is 4.91. The van der Waals surface area contributed by atoms with Gasteiger partial charge in [0.25, 0.3) is 0 Å². The summed E-state index contributed by atoms with van der Waals surface area (Å²) in [6, 6.07) is 18.9. The molecule has 0 heterocycles. The van der Waals surface area contributed by atoms with E-state index in [1.165, 1.54) is 26.0 Å². The molecule has 0 saturated carbocycles. The number of hydrogen-bond acceptors (Lipinski definition) is 5. The Morgan fingerprint density at radius 3 is 1.48 bits per heavy atom. The first kappa shape index (κ1) is 23.6. The second kappa shape index (κ2) is 13.5. The zero-order chi connectivity index (χ0) is 22.3.